The van der Waals surface area contributed by atoms with Crippen molar-refractivity contribution in [2.24, 2.45) is 0 Å². The van der Waals surface area contributed by atoms with Crippen molar-refractivity contribution >= 4 is 23.7 Å². The molecule has 1 saturated heterocycles. The molecule has 2 amide bonds. The molecule has 1 aromatic heterocycles. The third-order valence-corrected chi connectivity index (χ3v) is 5.64. The molecule has 2 aliphatic rings. The molecule has 2 aliphatic heterocycles. The monoisotopic (exact) mass is 483 g/mol. The van der Waals surface area contributed by atoms with Crippen molar-refractivity contribution in [2.45, 2.75) is 58.8 Å². The average Bonchev–Trinajstić information content (AvgIpc) is 2.75. The maximum atomic E-state index is 13.1. The number of phenols is 1. The summed E-state index contributed by atoms with van der Waals surface area (Å²) in [7, 11) is 0. The van der Waals surface area contributed by atoms with Crippen LogP contribution >= 0.6 is 0 Å². The maximum Gasteiger partial charge on any atom is 0.416 e. The first kappa shape index (κ1) is 24.6. The molecule has 0 spiro atoms. The van der Waals surface area contributed by atoms with E-state index in [-0.39, 0.29) is 24.4 Å². The first-order valence-electron chi connectivity index (χ1n) is 11.7. The van der Waals surface area contributed by atoms with Crippen molar-refractivity contribution in [2.75, 3.05) is 36.0 Å². The predicted molar refractivity (Wildman–Crippen MR) is 132 cm³/mol. The summed E-state index contributed by atoms with van der Waals surface area (Å²) in [6.45, 7) is 12.6. The second-order valence-corrected chi connectivity index (χ2v) is 10.8. The molecule has 1 N–H and O–H groups in total. The lowest BCUT2D eigenvalue weighted by molar-refractivity contribution is 0.0214. The molecule has 10 nitrogen and oxygen atoms in total. The Bertz CT molecular complexity index is 1120. The van der Waals surface area contributed by atoms with Crippen LogP contribution in [0, 0.1) is 0 Å². The van der Waals surface area contributed by atoms with Crippen LogP contribution in [0.1, 0.15) is 41.5 Å². The number of fused-ring (bicyclic) bond motifs is 3. The molecule has 1 fully saturated rings. The van der Waals surface area contributed by atoms with Crippen molar-refractivity contribution in [1.82, 2.24) is 15.1 Å². The first-order valence-corrected chi connectivity index (χ1v) is 11.7. The highest BCUT2D eigenvalue weighted by molar-refractivity contribution is 5.93. The Kier molecular flexibility index (Phi) is 6.25. The Labute approximate surface area is 205 Å². The van der Waals surface area contributed by atoms with E-state index in [0.29, 0.717) is 42.4 Å². The molecule has 4 rings (SSSR count). The van der Waals surface area contributed by atoms with Gasteiger partial charge in [0.2, 0.25) is 0 Å². The molecular formula is C25H33N5O5. The van der Waals surface area contributed by atoms with Gasteiger partial charge in [0.25, 0.3) is 0 Å². The maximum absolute atomic E-state index is 13.1. The third kappa shape index (κ3) is 5.41. The number of rotatable bonds is 1. The molecule has 188 valence electrons. The van der Waals surface area contributed by atoms with Crippen LogP contribution in [0.15, 0.2) is 30.3 Å². The van der Waals surface area contributed by atoms with Crippen LogP contribution in [0.5, 0.6) is 5.75 Å². The summed E-state index contributed by atoms with van der Waals surface area (Å²) in [6.07, 6.45) is -0.910. The molecule has 3 heterocycles. The van der Waals surface area contributed by atoms with Gasteiger partial charge in [0.05, 0.1) is 24.0 Å². The number of nitrogens with zero attached hydrogens (tertiary/aromatic N) is 5. The molecule has 1 aromatic carbocycles. The molecule has 0 saturated carbocycles. The van der Waals surface area contributed by atoms with Gasteiger partial charge in [-0.3, -0.25) is 4.90 Å². The summed E-state index contributed by atoms with van der Waals surface area (Å²) in [4.78, 5) is 31.2. The van der Waals surface area contributed by atoms with E-state index in [1.807, 2.05) is 32.9 Å². The topological polar surface area (TPSA) is 108 Å². The summed E-state index contributed by atoms with van der Waals surface area (Å²) < 4.78 is 11.2. The Morgan fingerprint density at radius 1 is 0.943 bits per heavy atom. The second kappa shape index (κ2) is 8.90. The number of hydrogen-bond donors (Lipinski definition) is 1. The minimum atomic E-state index is -0.688. The third-order valence-electron chi connectivity index (χ3n) is 5.64. The number of carbonyl (C=O) groups is 2. The molecule has 0 radical (unpaired) electrons. The Hall–Kier alpha value is -3.56. The minimum Gasteiger partial charge on any atom is -0.507 e. The molecule has 1 atom stereocenters. The van der Waals surface area contributed by atoms with Crippen LogP contribution in [0.3, 0.4) is 0 Å². The van der Waals surface area contributed by atoms with E-state index in [2.05, 4.69) is 15.1 Å². The zero-order chi connectivity index (χ0) is 25.5. The van der Waals surface area contributed by atoms with E-state index in [1.165, 1.54) is 4.90 Å². The van der Waals surface area contributed by atoms with Crippen LogP contribution in [0.2, 0.25) is 0 Å². The first-order chi connectivity index (χ1) is 16.3. The van der Waals surface area contributed by atoms with Crippen molar-refractivity contribution in [1.29, 1.82) is 0 Å². The average molecular weight is 484 g/mol. The zero-order valence-electron chi connectivity index (χ0n) is 21.1. The number of para-hydroxylation sites is 1. The summed E-state index contributed by atoms with van der Waals surface area (Å²) in [5.41, 5.74) is 0.441. The summed E-state index contributed by atoms with van der Waals surface area (Å²) in [6, 6.07) is 8.53. The number of ether oxygens (including phenoxy) is 2. The lowest BCUT2D eigenvalue weighted by Gasteiger charge is -2.48. The van der Waals surface area contributed by atoms with E-state index < -0.39 is 17.3 Å². The van der Waals surface area contributed by atoms with Crippen LogP contribution < -0.4 is 9.80 Å². The number of phenolic OH excluding ortho intramolecular Hbond substituents is 1. The number of benzene rings is 1. The highest BCUT2D eigenvalue weighted by Crippen LogP contribution is 2.39. The van der Waals surface area contributed by atoms with E-state index in [9.17, 15) is 14.7 Å². The normalized spacial score (nSPS) is 18.0. The highest BCUT2D eigenvalue weighted by atomic mass is 16.6. The molecule has 0 bridgehead atoms. The van der Waals surface area contributed by atoms with Crippen LogP contribution in [-0.4, -0.2) is 75.8 Å². The van der Waals surface area contributed by atoms with Crippen LogP contribution in [0.25, 0.3) is 11.3 Å². The van der Waals surface area contributed by atoms with E-state index in [0.717, 1.165) is 0 Å². The fourth-order valence-corrected chi connectivity index (χ4v) is 4.20. The molecule has 35 heavy (non-hydrogen) atoms. The fraction of sp³-hybridized carbons (Fsp3) is 0.520. The lowest BCUT2D eigenvalue weighted by atomic mass is 10.0. The largest absolute Gasteiger partial charge is 0.507 e. The number of anilines is 2. The molecule has 10 heteroatoms. The number of hydrogen-bond acceptors (Lipinski definition) is 8. The predicted octanol–water partition coefficient (Wildman–Crippen LogP) is 4.03. The Balaban J connectivity index is 1.70. The second-order valence-electron chi connectivity index (χ2n) is 10.8. The summed E-state index contributed by atoms with van der Waals surface area (Å²) in [5, 5.41) is 19.0. The zero-order valence-corrected chi connectivity index (χ0v) is 21.1. The van der Waals surface area contributed by atoms with Gasteiger partial charge < -0.3 is 24.4 Å². The summed E-state index contributed by atoms with van der Waals surface area (Å²) >= 11 is 0. The standard InChI is InChI=1S/C25H33N5O5/c1-24(2,3)34-22(32)28-11-12-29-16(14-28)15-30(23(33)35-25(4,5)6)21-19(29)13-18(26-27-21)17-9-7-8-10-20(17)31/h7-10,13,16,31H,11-12,14-15H2,1-6H3/t16-/m1/s1. The van der Waals surface area contributed by atoms with Gasteiger partial charge in [-0.2, -0.15) is 0 Å². The van der Waals surface area contributed by atoms with E-state index in [1.54, 1.807) is 43.9 Å². The minimum absolute atomic E-state index is 0.0906. The van der Waals surface area contributed by atoms with Gasteiger partial charge in [0, 0.05) is 25.2 Å². The van der Waals surface area contributed by atoms with Gasteiger partial charge in [-0.25, -0.2) is 9.59 Å². The smallest absolute Gasteiger partial charge is 0.416 e. The van der Waals surface area contributed by atoms with Crippen LogP contribution in [0.4, 0.5) is 21.1 Å². The van der Waals surface area contributed by atoms with Gasteiger partial charge in [-0.15, -0.1) is 10.2 Å². The van der Waals surface area contributed by atoms with Crippen molar-refractivity contribution in [3.8, 4) is 17.0 Å². The number of carbonyl (C=O) groups excluding carboxylic acids is 2. The molecule has 0 unspecified atom stereocenters. The number of piperazine rings is 1. The van der Waals surface area contributed by atoms with Gasteiger partial charge in [0.15, 0.2) is 5.82 Å². The van der Waals surface area contributed by atoms with Gasteiger partial charge in [0.1, 0.15) is 17.0 Å². The van der Waals surface area contributed by atoms with Gasteiger partial charge >= 0.3 is 12.2 Å². The van der Waals surface area contributed by atoms with Crippen molar-refractivity contribution in [3.05, 3.63) is 30.3 Å². The number of aromatic nitrogens is 2. The van der Waals surface area contributed by atoms with Crippen molar-refractivity contribution in [3.63, 3.8) is 0 Å². The van der Waals surface area contributed by atoms with Gasteiger partial charge in [-0.05, 0) is 59.7 Å². The Morgan fingerprint density at radius 2 is 1.60 bits per heavy atom. The molecule has 0 aliphatic carbocycles. The fourth-order valence-electron chi connectivity index (χ4n) is 4.20. The highest BCUT2D eigenvalue weighted by Gasteiger charge is 2.41. The van der Waals surface area contributed by atoms with Gasteiger partial charge in [-0.1, -0.05) is 12.1 Å². The van der Waals surface area contributed by atoms with E-state index in [4.69, 9.17) is 9.47 Å². The van der Waals surface area contributed by atoms with Crippen molar-refractivity contribution < 1.29 is 24.2 Å². The van der Waals surface area contributed by atoms with E-state index >= 15 is 0 Å². The lowest BCUT2D eigenvalue weighted by Crippen LogP contribution is -2.62. The summed E-state index contributed by atoms with van der Waals surface area (Å²) in [5.74, 6) is 0.480. The SMILES string of the molecule is CC(C)(C)OC(=O)N1CCN2c3cc(-c4ccccc4O)nnc3N(C(=O)OC(C)(C)C)C[C@H]2C1. The number of amides is 2. The van der Waals surface area contributed by atoms with Crippen LogP contribution in [-0.2, 0) is 9.47 Å². The Morgan fingerprint density at radius 3 is 2.26 bits per heavy atom. The quantitative estimate of drug-likeness (QED) is 0.648. The molecule has 2 aromatic rings. The molecular weight excluding hydrogens is 450 g/mol. The number of aromatic hydroxyl groups is 1.